The van der Waals surface area contributed by atoms with Gasteiger partial charge in [0.1, 0.15) is 0 Å². The maximum atomic E-state index is 11.2. The summed E-state index contributed by atoms with van der Waals surface area (Å²) >= 11 is 12.0. The van der Waals surface area contributed by atoms with Gasteiger partial charge in [0.2, 0.25) is 11.8 Å². The number of hydrogen-bond acceptors (Lipinski definition) is 5. The summed E-state index contributed by atoms with van der Waals surface area (Å²) in [7, 11) is 0. The van der Waals surface area contributed by atoms with Crippen LogP contribution in [0.25, 0.3) is 11.5 Å². The van der Waals surface area contributed by atoms with Gasteiger partial charge in [-0.2, -0.15) is 0 Å². The van der Waals surface area contributed by atoms with Crippen LogP contribution >= 0.6 is 23.2 Å². The molecule has 0 amide bonds. The number of Topliss-reactive ketones (excluding diaryl/α,β-unsaturated/α-hetero) is 1. The standard InChI is InChI=1S/C17H13Cl2N3O2/c1-10(23)11-2-5-13(6-3-11)20-9-16-21-22-17(24-16)14-7-4-12(18)8-15(14)19/h2-8,20H,9H2,1H3. The van der Waals surface area contributed by atoms with Gasteiger partial charge in [0.15, 0.2) is 5.78 Å². The summed E-state index contributed by atoms with van der Waals surface area (Å²) in [4.78, 5) is 11.2. The number of rotatable bonds is 5. The van der Waals surface area contributed by atoms with E-state index in [1.165, 1.54) is 6.92 Å². The van der Waals surface area contributed by atoms with Crippen molar-refractivity contribution < 1.29 is 9.21 Å². The van der Waals surface area contributed by atoms with E-state index < -0.39 is 0 Å². The highest BCUT2D eigenvalue weighted by atomic mass is 35.5. The Morgan fingerprint density at radius 2 is 1.88 bits per heavy atom. The Morgan fingerprint density at radius 1 is 1.12 bits per heavy atom. The monoisotopic (exact) mass is 361 g/mol. The predicted molar refractivity (Wildman–Crippen MR) is 93.5 cm³/mol. The summed E-state index contributed by atoms with van der Waals surface area (Å²) in [6.07, 6.45) is 0. The molecule has 0 saturated heterocycles. The average Bonchev–Trinajstić information content (AvgIpc) is 3.02. The number of aromatic nitrogens is 2. The van der Waals surface area contributed by atoms with E-state index in [-0.39, 0.29) is 5.78 Å². The Labute approximate surface area is 148 Å². The number of ketones is 1. The van der Waals surface area contributed by atoms with Gasteiger partial charge >= 0.3 is 0 Å². The minimum Gasteiger partial charge on any atom is -0.419 e. The molecule has 0 radical (unpaired) electrons. The van der Waals surface area contributed by atoms with Gasteiger partial charge in [-0.25, -0.2) is 0 Å². The summed E-state index contributed by atoms with van der Waals surface area (Å²) in [6.45, 7) is 1.89. The van der Waals surface area contributed by atoms with Crippen molar-refractivity contribution in [1.29, 1.82) is 0 Å². The molecule has 7 heteroatoms. The second kappa shape index (κ2) is 7.03. The molecule has 0 atom stereocenters. The van der Waals surface area contributed by atoms with Crippen molar-refractivity contribution in [2.24, 2.45) is 0 Å². The van der Waals surface area contributed by atoms with Crippen LogP contribution in [0.2, 0.25) is 10.0 Å². The second-order valence-corrected chi connectivity index (χ2v) is 5.96. The maximum absolute atomic E-state index is 11.2. The number of nitrogens with zero attached hydrogens (tertiary/aromatic N) is 2. The fourth-order valence-electron chi connectivity index (χ4n) is 2.10. The van der Waals surface area contributed by atoms with Crippen molar-refractivity contribution in [1.82, 2.24) is 10.2 Å². The largest absolute Gasteiger partial charge is 0.419 e. The van der Waals surface area contributed by atoms with Crippen molar-refractivity contribution in [2.45, 2.75) is 13.5 Å². The van der Waals surface area contributed by atoms with Gasteiger partial charge in [-0.05, 0) is 49.4 Å². The molecule has 0 fully saturated rings. The lowest BCUT2D eigenvalue weighted by Crippen LogP contribution is -2.00. The molecule has 0 spiro atoms. The molecule has 3 rings (SSSR count). The highest BCUT2D eigenvalue weighted by Crippen LogP contribution is 2.29. The normalized spacial score (nSPS) is 10.6. The third kappa shape index (κ3) is 3.75. The molecular weight excluding hydrogens is 349 g/mol. The molecular formula is C17H13Cl2N3O2. The van der Waals surface area contributed by atoms with Crippen molar-refractivity contribution in [3.63, 3.8) is 0 Å². The quantitative estimate of drug-likeness (QED) is 0.657. The van der Waals surface area contributed by atoms with E-state index in [9.17, 15) is 4.79 Å². The van der Waals surface area contributed by atoms with Crippen LogP contribution in [-0.4, -0.2) is 16.0 Å². The van der Waals surface area contributed by atoms with Gasteiger partial charge in [-0.3, -0.25) is 4.79 Å². The van der Waals surface area contributed by atoms with E-state index in [0.29, 0.717) is 39.5 Å². The summed E-state index contributed by atoms with van der Waals surface area (Å²) in [5.74, 6) is 0.787. The second-order valence-electron chi connectivity index (χ2n) is 5.11. The molecule has 3 aromatic rings. The van der Waals surface area contributed by atoms with E-state index in [2.05, 4.69) is 15.5 Å². The van der Waals surface area contributed by atoms with E-state index in [4.69, 9.17) is 27.6 Å². The minimum atomic E-state index is 0.0305. The first-order valence-electron chi connectivity index (χ1n) is 7.15. The van der Waals surface area contributed by atoms with Gasteiger partial charge in [-0.15, -0.1) is 10.2 Å². The molecule has 122 valence electrons. The molecule has 5 nitrogen and oxygen atoms in total. The molecule has 0 aliphatic rings. The van der Waals surface area contributed by atoms with E-state index >= 15 is 0 Å². The number of nitrogens with one attached hydrogen (secondary N) is 1. The minimum absolute atomic E-state index is 0.0305. The summed E-state index contributed by atoms with van der Waals surface area (Å²) in [6, 6.07) is 12.2. The van der Waals surface area contributed by atoms with Gasteiger partial charge in [0.25, 0.3) is 0 Å². The van der Waals surface area contributed by atoms with Crippen molar-refractivity contribution >= 4 is 34.7 Å². The number of carbonyl (C=O) groups excluding carboxylic acids is 1. The Hall–Kier alpha value is -2.37. The molecule has 0 unspecified atom stereocenters. The van der Waals surface area contributed by atoms with Crippen LogP contribution in [0.5, 0.6) is 0 Å². The van der Waals surface area contributed by atoms with Crippen molar-refractivity contribution in [3.8, 4) is 11.5 Å². The molecule has 24 heavy (non-hydrogen) atoms. The predicted octanol–water partition coefficient (Wildman–Crippen LogP) is 4.86. The molecule has 1 aromatic heterocycles. The number of hydrogen-bond donors (Lipinski definition) is 1. The van der Waals surface area contributed by atoms with Crippen molar-refractivity contribution in [3.05, 3.63) is 64.0 Å². The molecule has 0 aliphatic heterocycles. The smallest absolute Gasteiger partial charge is 0.249 e. The van der Waals surface area contributed by atoms with E-state index in [1.807, 2.05) is 12.1 Å². The molecule has 2 aromatic carbocycles. The third-order valence-electron chi connectivity index (χ3n) is 3.36. The van der Waals surface area contributed by atoms with Crippen LogP contribution in [-0.2, 0) is 6.54 Å². The Bertz CT molecular complexity index is 876. The Kier molecular flexibility index (Phi) is 4.83. The lowest BCUT2D eigenvalue weighted by Gasteiger charge is -2.04. The molecule has 1 heterocycles. The van der Waals surface area contributed by atoms with Crippen molar-refractivity contribution in [2.75, 3.05) is 5.32 Å². The Morgan fingerprint density at radius 3 is 2.54 bits per heavy atom. The van der Waals surface area contributed by atoms with Crippen LogP contribution in [0.4, 0.5) is 5.69 Å². The number of benzene rings is 2. The van der Waals surface area contributed by atoms with Crippen LogP contribution in [0.1, 0.15) is 23.2 Å². The first-order valence-corrected chi connectivity index (χ1v) is 7.91. The lowest BCUT2D eigenvalue weighted by atomic mass is 10.1. The van der Waals surface area contributed by atoms with Gasteiger partial charge in [0.05, 0.1) is 17.1 Å². The summed E-state index contributed by atoms with van der Waals surface area (Å²) < 4.78 is 5.61. The third-order valence-corrected chi connectivity index (χ3v) is 3.91. The van der Waals surface area contributed by atoms with E-state index in [1.54, 1.807) is 30.3 Å². The highest BCUT2D eigenvalue weighted by molar-refractivity contribution is 6.36. The fraction of sp³-hybridized carbons (Fsp3) is 0.118. The summed E-state index contributed by atoms with van der Waals surface area (Å²) in [5.41, 5.74) is 2.15. The zero-order valence-electron chi connectivity index (χ0n) is 12.7. The average molecular weight is 362 g/mol. The molecule has 0 bridgehead atoms. The topological polar surface area (TPSA) is 68.0 Å². The van der Waals surface area contributed by atoms with Gasteiger partial charge in [0, 0.05) is 16.3 Å². The van der Waals surface area contributed by atoms with E-state index in [0.717, 1.165) is 5.69 Å². The fourth-order valence-corrected chi connectivity index (χ4v) is 2.59. The van der Waals surface area contributed by atoms with Gasteiger partial charge < -0.3 is 9.73 Å². The Balaban J connectivity index is 1.69. The molecule has 1 N–H and O–H groups in total. The molecule has 0 saturated carbocycles. The number of halogens is 2. The first kappa shape index (κ1) is 16.5. The zero-order chi connectivity index (χ0) is 17.1. The number of anilines is 1. The van der Waals surface area contributed by atoms with Crippen LogP contribution < -0.4 is 5.32 Å². The maximum Gasteiger partial charge on any atom is 0.249 e. The van der Waals surface area contributed by atoms with Crippen LogP contribution in [0.3, 0.4) is 0 Å². The van der Waals surface area contributed by atoms with Crippen LogP contribution in [0, 0.1) is 0 Å². The highest BCUT2D eigenvalue weighted by Gasteiger charge is 2.12. The van der Waals surface area contributed by atoms with Gasteiger partial charge in [-0.1, -0.05) is 23.2 Å². The summed E-state index contributed by atoms with van der Waals surface area (Å²) in [5, 5.41) is 12.1. The SMILES string of the molecule is CC(=O)c1ccc(NCc2nnc(-c3ccc(Cl)cc3Cl)o2)cc1. The lowest BCUT2D eigenvalue weighted by molar-refractivity contribution is 0.101. The zero-order valence-corrected chi connectivity index (χ0v) is 14.2. The molecule has 0 aliphatic carbocycles. The first-order chi connectivity index (χ1) is 11.5. The van der Waals surface area contributed by atoms with Crippen LogP contribution in [0.15, 0.2) is 46.9 Å². The number of carbonyl (C=O) groups is 1.